The third-order valence-electron chi connectivity index (χ3n) is 10.3. The maximum absolute atomic E-state index is 14.3. The number of hydrogen-bond acceptors (Lipinski definition) is 12. The van der Waals surface area contributed by atoms with Gasteiger partial charge in [0, 0.05) is 62.1 Å². The molecule has 14 heteroatoms. The summed E-state index contributed by atoms with van der Waals surface area (Å²) in [6.45, 7) is 17.0. The first kappa shape index (κ1) is 38.7. The quantitative estimate of drug-likeness (QED) is 0.139. The molecule has 2 aromatic carbocycles. The molecular formula is C40H52N10O3S. The van der Waals surface area contributed by atoms with Gasteiger partial charge in [-0.05, 0) is 42.5 Å². The van der Waals surface area contributed by atoms with Gasteiger partial charge in [-0.1, -0.05) is 69.8 Å². The SMILES string of the molecule is C=C(N[C@@H](C)c1ccc(-c2scnc2C)cc1)[C@@H]1C[C@@H](O)CN1C(=O)[C@@H](NC(=O)CN1CCN(c2cc(-c3ccccc3N)nnc2N)CC1)C(C)(C)C. The number of benzene rings is 2. The highest BCUT2D eigenvalue weighted by Crippen LogP contribution is 2.32. The Labute approximate surface area is 321 Å². The van der Waals surface area contributed by atoms with Gasteiger partial charge < -0.3 is 37.0 Å². The summed E-state index contributed by atoms with van der Waals surface area (Å²) in [4.78, 5) is 39.2. The van der Waals surface area contributed by atoms with E-state index in [1.807, 2.05) is 63.5 Å². The first-order valence-corrected chi connectivity index (χ1v) is 19.3. The Balaban J connectivity index is 1.06. The van der Waals surface area contributed by atoms with Crippen molar-refractivity contribution in [1.82, 2.24) is 35.6 Å². The number of piperazine rings is 1. The first-order chi connectivity index (χ1) is 25.7. The second kappa shape index (κ2) is 16.1. The van der Waals surface area contributed by atoms with E-state index in [2.05, 4.69) is 73.4 Å². The Kier molecular flexibility index (Phi) is 11.5. The van der Waals surface area contributed by atoms with Crippen LogP contribution in [-0.4, -0.2) is 99.4 Å². The number of thiazole rings is 1. The van der Waals surface area contributed by atoms with E-state index in [1.54, 1.807) is 16.2 Å². The number of likely N-dealkylation sites (tertiary alicyclic amines) is 1. The Morgan fingerprint density at radius 2 is 1.74 bits per heavy atom. The van der Waals surface area contributed by atoms with Crippen molar-refractivity contribution >= 4 is 40.3 Å². The predicted octanol–water partition coefficient (Wildman–Crippen LogP) is 4.22. The summed E-state index contributed by atoms with van der Waals surface area (Å²) in [6.07, 6.45) is -0.339. The number of aliphatic hydroxyl groups is 1. The molecular weight excluding hydrogens is 701 g/mol. The Morgan fingerprint density at radius 3 is 2.39 bits per heavy atom. The second-order valence-corrected chi connectivity index (χ2v) is 16.2. The molecule has 13 nitrogen and oxygen atoms in total. The molecule has 2 aliphatic heterocycles. The van der Waals surface area contributed by atoms with Gasteiger partial charge in [0.25, 0.3) is 0 Å². The van der Waals surface area contributed by atoms with Gasteiger partial charge >= 0.3 is 0 Å². The second-order valence-electron chi connectivity index (χ2n) is 15.4. The number of carbonyl (C=O) groups excluding carboxylic acids is 2. The van der Waals surface area contributed by atoms with Crippen LogP contribution in [-0.2, 0) is 9.59 Å². The molecule has 286 valence electrons. The van der Waals surface area contributed by atoms with Crippen LogP contribution < -0.4 is 27.0 Å². The molecule has 0 aliphatic carbocycles. The number of hydrogen-bond donors (Lipinski definition) is 5. The normalized spacial score (nSPS) is 19.0. The van der Waals surface area contributed by atoms with Crippen LogP contribution >= 0.6 is 11.3 Å². The molecule has 7 N–H and O–H groups in total. The topological polar surface area (TPSA) is 179 Å². The van der Waals surface area contributed by atoms with E-state index in [1.165, 1.54) is 0 Å². The van der Waals surface area contributed by atoms with Crippen molar-refractivity contribution in [2.75, 3.05) is 55.6 Å². The number of nitrogen functional groups attached to an aromatic ring is 2. The van der Waals surface area contributed by atoms with Gasteiger partial charge in [0.1, 0.15) is 6.04 Å². The number of para-hydroxylation sites is 1. The number of nitrogens with two attached hydrogens (primary N) is 2. The van der Waals surface area contributed by atoms with E-state index in [0.717, 1.165) is 32.9 Å². The number of amides is 2. The van der Waals surface area contributed by atoms with E-state index in [0.29, 0.717) is 55.5 Å². The number of nitrogens with zero attached hydrogens (tertiary/aromatic N) is 6. The fraction of sp³-hybridized carbons (Fsp3) is 0.425. The molecule has 2 aromatic heterocycles. The van der Waals surface area contributed by atoms with Crippen LogP contribution in [0, 0.1) is 12.3 Å². The van der Waals surface area contributed by atoms with Crippen LogP contribution in [0.4, 0.5) is 17.2 Å². The summed E-state index contributed by atoms with van der Waals surface area (Å²) < 4.78 is 0. The lowest BCUT2D eigenvalue weighted by Crippen LogP contribution is -2.58. The highest BCUT2D eigenvalue weighted by atomic mass is 32.1. The number of nitrogens with one attached hydrogen (secondary N) is 2. The maximum Gasteiger partial charge on any atom is 0.246 e. The summed E-state index contributed by atoms with van der Waals surface area (Å²) in [5.41, 5.74) is 20.4. The van der Waals surface area contributed by atoms with E-state index in [4.69, 9.17) is 11.5 Å². The van der Waals surface area contributed by atoms with Crippen molar-refractivity contribution in [3.63, 3.8) is 0 Å². The molecule has 6 rings (SSSR count). The van der Waals surface area contributed by atoms with Crippen molar-refractivity contribution in [1.29, 1.82) is 0 Å². The van der Waals surface area contributed by atoms with Crippen LogP contribution in [0.25, 0.3) is 21.7 Å². The standard InChI is InChI=1S/C40H52N10O3S/c1-24(27-11-13-28(14-12-27)36-26(3)43-23-54-36)44-25(2)33-19-29(51)21-50(33)39(53)37(40(4,5)6)45-35(52)22-48-15-17-49(18-16-48)34-20-32(46-47-38(34)42)30-9-7-8-10-31(30)41/h7-14,20,23-24,29,33,37,44,51H,2,15-19,21-22,41H2,1,3-6H3,(H2,42,47)(H,45,52)/t24-,29+,33-,37+/m0/s1. The monoisotopic (exact) mass is 752 g/mol. The number of carbonyl (C=O) groups is 2. The van der Waals surface area contributed by atoms with Crippen LogP contribution in [0.1, 0.15) is 51.4 Å². The summed E-state index contributed by atoms with van der Waals surface area (Å²) in [5.74, 6) is -0.139. The van der Waals surface area contributed by atoms with Gasteiger partial charge in [-0.25, -0.2) is 4.98 Å². The third kappa shape index (κ3) is 8.67. The lowest BCUT2D eigenvalue weighted by molar-refractivity contribution is -0.140. The predicted molar refractivity (Wildman–Crippen MR) is 215 cm³/mol. The summed E-state index contributed by atoms with van der Waals surface area (Å²) in [7, 11) is 0. The minimum absolute atomic E-state index is 0.0849. The molecule has 4 aromatic rings. The van der Waals surface area contributed by atoms with Crippen molar-refractivity contribution in [2.24, 2.45) is 5.41 Å². The fourth-order valence-corrected chi connectivity index (χ4v) is 8.04. The van der Waals surface area contributed by atoms with E-state index in [9.17, 15) is 14.7 Å². The maximum atomic E-state index is 14.3. The number of anilines is 3. The van der Waals surface area contributed by atoms with Gasteiger partial charge in [0.2, 0.25) is 11.8 Å². The van der Waals surface area contributed by atoms with Crippen LogP contribution in [0.2, 0.25) is 0 Å². The molecule has 2 saturated heterocycles. The average molecular weight is 753 g/mol. The fourth-order valence-electron chi connectivity index (χ4n) is 7.23. The highest BCUT2D eigenvalue weighted by molar-refractivity contribution is 7.13. The van der Waals surface area contributed by atoms with E-state index in [-0.39, 0.29) is 30.9 Å². The molecule has 0 unspecified atom stereocenters. The molecule has 0 radical (unpaired) electrons. The molecule has 2 amide bonds. The molecule has 0 saturated carbocycles. The van der Waals surface area contributed by atoms with E-state index < -0.39 is 23.6 Å². The molecule has 0 bridgehead atoms. The average Bonchev–Trinajstić information content (AvgIpc) is 3.76. The van der Waals surface area contributed by atoms with Crippen molar-refractivity contribution in [2.45, 2.75) is 65.3 Å². The number of β-amino-alcohol motifs (C(OH)–C–C–N with tert-alkyl or cyclic N) is 1. The minimum Gasteiger partial charge on any atom is -0.398 e. The lowest BCUT2D eigenvalue weighted by atomic mass is 9.85. The first-order valence-electron chi connectivity index (χ1n) is 18.4. The van der Waals surface area contributed by atoms with Crippen LogP contribution in [0.5, 0.6) is 0 Å². The molecule has 4 atom stereocenters. The Morgan fingerprint density at radius 1 is 1.04 bits per heavy atom. The third-order valence-corrected chi connectivity index (χ3v) is 11.3. The molecule has 2 aliphatic rings. The van der Waals surface area contributed by atoms with Gasteiger partial charge in [-0.15, -0.1) is 21.5 Å². The van der Waals surface area contributed by atoms with Gasteiger partial charge in [0.05, 0.1) is 46.2 Å². The zero-order valence-electron chi connectivity index (χ0n) is 31.7. The molecule has 0 spiro atoms. The highest BCUT2D eigenvalue weighted by Gasteiger charge is 2.43. The van der Waals surface area contributed by atoms with Gasteiger partial charge in [-0.3, -0.25) is 14.5 Å². The van der Waals surface area contributed by atoms with Crippen LogP contribution in [0.15, 0.2) is 72.4 Å². The Hall–Kier alpha value is -5.05. The molecule has 54 heavy (non-hydrogen) atoms. The molecule has 2 fully saturated rings. The Bertz CT molecular complexity index is 1970. The van der Waals surface area contributed by atoms with Gasteiger partial charge in [0.15, 0.2) is 5.82 Å². The number of aryl methyl sites for hydroxylation is 1. The minimum atomic E-state index is -0.807. The zero-order valence-corrected chi connectivity index (χ0v) is 32.6. The number of rotatable bonds is 11. The van der Waals surface area contributed by atoms with Crippen LogP contribution in [0.3, 0.4) is 0 Å². The van der Waals surface area contributed by atoms with Gasteiger partial charge in [-0.2, -0.15) is 0 Å². The summed E-state index contributed by atoms with van der Waals surface area (Å²) in [5, 5.41) is 25.8. The van der Waals surface area contributed by atoms with Crippen molar-refractivity contribution in [3.05, 3.63) is 83.6 Å². The summed E-state index contributed by atoms with van der Waals surface area (Å²) >= 11 is 1.62. The largest absolute Gasteiger partial charge is 0.398 e. The van der Waals surface area contributed by atoms with Crippen molar-refractivity contribution in [3.8, 4) is 21.7 Å². The molecule has 4 heterocycles. The summed E-state index contributed by atoms with van der Waals surface area (Å²) in [6, 6.07) is 16.4. The smallest absolute Gasteiger partial charge is 0.246 e. The zero-order chi connectivity index (χ0) is 38.7. The lowest BCUT2D eigenvalue weighted by Gasteiger charge is -2.38. The van der Waals surface area contributed by atoms with E-state index >= 15 is 0 Å². The number of aliphatic hydroxyl groups excluding tert-OH is 1. The number of aromatic nitrogens is 3. The van der Waals surface area contributed by atoms with Crippen molar-refractivity contribution < 1.29 is 14.7 Å².